The standard InChI is InChI=1S/C21H16Cl3FN6O3/c1-33-13-6-10(11(22)7-14(13)34-2)17-19(25)30-18(24)21-27-9(8-31(17)21)5-16(32)28-12-3-4-15(23)29-20(12)26/h3-4,6-8H,5H2,1-2H3,(H2,26,29)(H,28,32). The zero-order valence-corrected chi connectivity index (χ0v) is 20.0. The van der Waals surface area contributed by atoms with Crippen molar-refractivity contribution in [2.45, 2.75) is 6.42 Å². The van der Waals surface area contributed by atoms with Crippen LogP contribution in [0.1, 0.15) is 5.69 Å². The molecule has 0 spiro atoms. The van der Waals surface area contributed by atoms with E-state index < -0.39 is 11.9 Å². The zero-order valence-electron chi connectivity index (χ0n) is 17.7. The highest BCUT2D eigenvalue weighted by molar-refractivity contribution is 6.34. The summed E-state index contributed by atoms with van der Waals surface area (Å²) in [4.78, 5) is 24.5. The van der Waals surface area contributed by atoms with Gasteiger partial charge in [-0.2, -0.15) is 4.39 Å². The molecule has 9 nitrogen and oxygen atoms in total. The molecule has 3 N–H and O–H groups in total. The summed E-state index contributed by atoms with van der Waals surface area (Å²) in [6.07, 6.45) is 1.30. The Morgan fingerprint density at radius 3 is 2.50 bits per heavy atom. The first-order valence-corrected chi connectivity index (χ1v) is 10.7. The van der Waals surface area contributed by atoms with Gasteiger partial charge in [-0.3, -0.25) is 9.20 Å². The zero-order chi connectivity index (χ0) is 24.6. The fourth-order valence-corrected chi connectivity index (χ4v) is 3.91. The van der Waals surface area contributed by atoms with Crippen LogP contribution >= 0.6 is 34.8 Å². The van der Waals surface area contributed by atoms with Crippen molar-refractivity contribution in [2.75, 3.05) is 25.3 Å². The van der Waals surface area contributed by atoms with E-state index in [1.165, 1.54) is 49.1 Å². The van der Waals surface area contributed by atoms with E-state index in [0.717, 1.165) is 0 Å². The number of rotatable bonds is 6. The van der Waals surface area contributed by atoms with Crippen LogP contribution in [0.15, 0.2) is 30.5 Å². The van der Waals surface area contributed by atoms with Crippen molar-refractivity contribution in [2.24, 2.45) is 0 Å². The lowest BCUT2D eigenvalue weighted by atomic mass is 10.1. The van der Waals surface area contributed by atoms with E-state index in [1.807, 2.05) is 0 Å². The second kappa shape index (κ2) is 9.49. The maximum atomic E-state index is 15.0. The van der Waals surface area contributed by atoms with Gasteiger partial charge in [0, 0.05) is 17.8 Å². The van der Waals surface area contributed by atoms with Gasteiger partial charge in [-0.25, -0.2) is 15.0 Å². The van der Waals surface area contributed by atoms with Crippen LogP contribution in [0, 0.1) is 5.95 Å². The number of nitrogens with zero attached hydrogens (tertiary/aromatic N) is 4. The molecule has 0 aliphatic carbocycles. The average Bonchev–Trinajstić information content (AvgIpc) is 3.20. The first-order chi connectivity index (χ1) is 16.2. The van der Waals surface area contributed by atoms with Crippen molar-refractivity contribution in [1.29, 1.82) is 0 Å². The van der Waals surface area contributed by atoms with E-state index in [9.17, 15) is 4.79 Å². The molecule has 0 radical (unpaired) electrons. The highest BCUT2D eigenvalue weighted by Gasteiger charge is 2.22. The molecule has 4 rings (SSSR count). The molecule has 0 atom stereocenters. The van der Waals surface area contributed by atoms with Gasteiger partial charge in [0.05, 0.1) is 37.0 Å². The van der Waals surface area contributed by atoms with E-state index in [1.54, 1.807) is 0 Å². The number of benzene rings is 1. The number of hydrogen-bond acceptors (Lipinski definition) is 7. The Hall–Kier alpha value is -3.34. The Morgan fingerprint density at radius 1 is 1.12 bits per heavy atom. The average molecular weight is 526 g/mol. The first-order valence-electron chi connectivity index (χ1n) is 9.58. The summed E-state index contributed by atoms with van der Waals surface area (Å²) in [5.74, 6) is -0.558. The van der Waals surface area contributed by atoms with E-state index >= 15 is 4.39 Å². The smallest absolute Gasteiger partial charge is 0.239 e. The quantitative estimate of drug-likeness (QED) is 0.351. The first kappa shape index (κ1) is 23.8. The van der Waals surface area contributed by atoms with Gasteiger partial charge in [-0.15, -0.1) is 0 Å². The molecule has 13 heteroatoms. The third kappa shape index (κ3) is 4.52. The predicted octanol–water partition coefficient (Wildman–Crippen LogP) is 4.67. The highest BCUT2D eigenvalue weighted by atomic mass is 35.5. The lowest BCUT2D eigenvalue weighted by Gasteiger charge is -2.13. The van der Waals surface area contributed by atoms with E-state index in [0.29, 0.717) is 22.9 Å². The molecular formula is C21H16Cl3FN6O3. The van der Waals surface area contributed by atoms with Crippen LogP contribution in [-0.2, 0) is 11.2 Å². The summed E-state index contributed by atoms with van der Waals surface area (Å²) in [5, 5.41) is 2.82. The SMILES string of the molecule is COc1cc(Cl)c(-c2c(F)nc(Cl)c3nc(CC(=O)Nc4ccc(Cl)nc4N)cn23)cc1OC. The second-order valence-electron chi connectivity index (χ2n) is 6.95. The highest BCUT2D eigenvalue weighted by Crippen LogP contribution is 2.39. The van der Waals surface area contributed by atoms with Crippen LogP contribution in [0.2, 0.25) is 15.3 Å². The summed E-state index contributed by atoms with van der Waals surface area (Å²) in [6.45, 7) is 0. The summed E-state index contributed by atoms with van der Waals surface area (Å²) in [7, 11) is 2.90. The predicted molar refractivity (Wildman–Crippen MR) is 127 cm³/mol. The summed E-state index contributed by atoms with van der Waals surface area (Å²) in [6, 6.07) is 6.02. The number of fused-ring (bicyclic) bond motifs is 1. The van der Waals surface area contributed by atoms with E-state index in [4.69, 9.17) is 50.0 Å². The summed E-state index contributed by atoms with van der Waals surface area (Å²) in [5.41, 5.74) is 6.75. The molecular weight excluding hydrogens is 510 g/mol. The van der Waals surface area contributed by atoms with Crippen LogP contribution in [0.3, 0.4) is 0 Å². The number of carbonyl (C=O) groups is 1. The number of anilines is 2. The number of hydrogen-bond donors (Lipinski definition) is 2. The number of halogens is 4. The van der Waals surface area contributed by atoms with Crippen LogP contribution in [0.5, 0.6) is 11.5 Å². The Morgan fingerprint density at radius 2 is 1.82 bits per heavy atom. The molecule has 4 aromatic rings. The van der Waals surface area contributed by atoms with Gasteiger partial charge in [-0.1, -0.05) is 34.8 Å². The van der Waals surface area contributed by atoms with Crippen molar-refractivity contribution in [1.82, 2.24) is 19.4 Å². The number of carbonyl (C=O) groups excluding carboxylic acids is 1. The Labute approximate surface area is 207 Å². The monoisotopic (exact) mass is 524 g/mol. The molecule has 0 saturated carbocycles. The number of nitrogens with two attached hydrogens (primary N) is 1. The fraction of sp³-hybridized carbons (Fsp3) is 0.143. The molecule has 0 unspecified atom stereocenters. The molecule has 0 bridgehead atoms. The third-order valence-electron chi connectivity index (χ3n) is 4.81. The van der Waals surface area contributed by atoms with Gasteiger partial charge >= 0.3 is 0 Å². The summed E-state index contributed by atoms with van der Waals surface area (Å²) >= 11 is 18.3. The normalized spacial score (nSPS) is 11.0. The molecule has 0 fully saturated rings. The van der Waals surface area contributed by atoms with Crippen LogP contribution in [0.4, 0.5) is 15.9 Å². The Bertz CT molecular complexity index is 1430. The van der Waals surface area contributed by atoms with Crippen LogP contribution in [0.25, 0.3) is 16.9 Å². The largest absolute Gasteiger partial charge is 0.493 e. The van der Waals surface area contributed by atoms with Gasteiger partial charge in [0.25, 0.3) is 0 Å². The number of methoxy groups -OCH3 is 2. The van der Waals surface area contributed by atoms with Gasteiger partial charge in [0.2, 0.25) is 11.9 Å². The van der Waals surface area contributed by atoms with Crippen LogP contribution in [-0.4, -0.2) is 39.5 Å². The minimum atomic E-state index is -0.889. The lowest BCUT2D eigenvalue weighted by molar-refractivity contribution is -0.115. The number of amides is 1. The van der Waals surface area contributed by atoms with Crippen molar-refractivity contribution >= 4 is 57.9 Å². The Kier molecular flexibility index (Phi) is 6.65. The number of ether oxygens (including phenoxy) is 2. The van der Waals surface area contributed by atoms with Gasteiger partial charge in [0.15, 0.2) is 22.3 Å². The van der Waals surface area contributed by atoms with Crippen molar-refractivity contribution in [3.63, 3.8) is 0 Å². The minimum Gasteiger partial charge on any atom is -0.493 e. The van der Waals surface area contributed by atoms with Gasteiger partial charge < -0.3 is 20.5 Å². The molecule has 0 saturated heterocycles. The molecule has 0 aliphatic rings. The maximum absolute atomic E-state index is 15.0. The second-order valence-corrected chi connectivity index (χ2v) is 8.10. The number of nitrogen functional groups attached to an aromatic ring is 1. The van der Waals surface area contributed by atoms with Gasteiger partial charge in [0.1, 0.15) is 16.7 Å². The molecule has 3 aromatic heterocycles. The topological polar surface area (TPSA) is 117 Å². The molecule has 1 aromatic carbocycles. The molecule has 3 heterocycles. The molecule has 176 valence electrons. The summed E-state index contributed by atoms with van der Waals surface area (Å²) < 4.78 is 26.9. The number of nitrogens with one attached hydrogen (secondary N) is 1. The molecule has 0 aliphatic heterocycles. The third-order valence-corrected chi connectivity index (χ3v) is 5.58. The minimum absolute atomic E-state index is 0.0179. The number of aromatic nitrogens is 4. The van der Waals surface area contributed by atoms with Gasteiger partial charge in [-0.05, 0) is 18.2 Å². The van der Waals surface area contributed by atoms with Crippen molar-refractivity contribution in [3.8, 4) is 22.8 Å². The van der Waals surface area contributed by atoms with E-state index in [2.05, 4.69) is 20.3 Å². The van der Waals surface area contributed by atoms with Crippen molar-refractivity contribution < 1.29 is 18.7 Å². The lowest BCUT2D eigenvalue weighted by Crippen LogP contribution is -2.16. The van der Waals surface area contributed by atoms with E-state index in [-0.39, 0.29) is 44.5 Å². The van der Waals surface area contributed by atoms with Crippen LogP contribution < -0.4 is 20.5 Å². The molecule has 1 amide bonds. The molecule has 34 heavy (non-hydrogen) atoms. The van der Waals surface area contributed by atoms with Crippen molar-refractivity contribution in [3.05, 3.63) is 57.4 Å². The maximum Gasteiger partial charge on any atom is 0.239 e. The fourth-order valence-electron chi connectivity index (χ4n) is 3.31. The number of imidazole rings is 1. The Balaban J connectivity index is 1.74. The number of pyridine rings is 1.